The second-order valence-electron chi connectivity index (χ2n) is 8.07. The molecule has 2 heterocycles. The van der Waals surface area contributed by atoms with Crippen molar-refractivity contribution in [2.75, 3.05) is 33.2 Å². The Hall–Kier alpha value is -2.00. The number of aliphatic hydroxyl groups excluding tert-OH is 2. The van der Waals surface area contributed by atoms with E-state index in [1.807, 2.05) is 13.8 Å². The molecule has 1 fully saturated rings. The van der Waals surface area contributed by atoms with Crippen LogP contribution >= 0.6 is 19.5 Å². The molecule has 1 saturated heterocycles. The number of hydrogen-bond donors (Lipinski definition) is 4. The predicted octanol–water partition coefficient (Wildman–Crippen LogP) is -0.347. The maximum absolute atomic E-state index is 13.4. The van der Waals surface area contributed by atoms with Gasteiger partial charge in [-0.05, 0) is 18.4 Å². The van der Waals surface area contributed by atoms with E-state index in [9.17, 15) is 29.2 Å². The van der Waals surface area contributed by atoms with E-state index in [0.717, 1.165) is 23.4 Å². The Morgan fingerprint density at radius 3 is 2.51 bits per heavy atom. The predicted molar refractivity (Wildman–Crippen MR) is 125 cm³/mol. The Morgan fingerprint density at radius 2 is 1.94 bits per heavy atom. The average molecular weight is 539 g/mol. The van der Waals surface area contributed by atoms with Crippen LogP contribution in [0.5, 0.6) is 0 Å². The highest BCUT2D eigenvalue weighted by atomic mass is 32.2. The van der Waals surface area contributed by atoms with Crippen LogP contribution in [0.15, 0.2) is 17.1 Å². The van der Waals surface area contributed by atoms with Crippen LogP contribution in [0, 0.1) is 5.92 Å². The standard InChI is InChI=1S/C19H31N4O10PS/c1-10(2)7-11(18(27)31-4)22-34(29,33-9-14(24)30-3)32-8-12-15(25)16(26)17(35-12)23-6-5-13(20)21-19(23)28/h5-6,10-12,15-17,25-26H,7-9H2,1-4H3,(H,22,29)(H2,20,21,28)/t11-,12+,15+,16-,17+,34?/m0/s1. The number of nitrogen functional groups attached to an aromatic ring is 1. The van der Waals surface area contributed by atoms with Crippen LogP contribution in [0.2, 0.25) is 0 Å². The van der Waals surface area contributed by atoms with Gasteiger partial charge >= 0.3 is 25.4 Å². The van der Waals surface area contributed by atoms with Gasteiger partial charge in [-0.25, -0.2) is 19.2 Å². The van der Waals surface area contributed by atoms with E-state index < -0.39 is 67.5 Å². The summed E-state index contributed by atoms with van der Waals surface area (Å²) in [7, 11) is -2.05. The van der Waals surface area contributed by atoms with E-state index in [4.69, 9.17) is 19.5 Å². The second kappa shape index (κ2) is 12.8. The largest absolute Gasteiger partial charge is 0.468 e. The Labute approximate surface area is 206 Å². The molecule has 35 heavy (non-hydrogen) atoms. The first-order chi connectivity index (χ1) is 16.4. The number of nitrogens with zero attached hydrogens (tertiary/aromatic N) is 2. The van der Waals surface area contributed by atoms with Crippen molar-refractivity contribution in [2.24, 2.45) is 5.92 Å². The molecule has 2 rings (SSSR count). The van der Waals surface area contributed by atoms with Gasteiger partial charge in [0, 0.05) is 6.20 Å². The molecule has 0 bridgehead atoms. The minimum absolute atomic E-state index is 0.000457. The molecular formula is C19H31N4O10PS. The number of nitrogens with two attached hydrogens (primary N) is 1. The molecule has 6 atom stereocenters. The Balaban J connectivity index is 2.19. The SMILES string of the molecule is COC(=O)COP(=O)(N[C@@H](CC(C)C)C(=O)OC)OC[C@H]1S[C@@H](n2ccc(N)nc2=O)[C@@H](O)[C@@H]1O. The number of hydrogen-bond acceptors (Lipinski definition) is 13. The zero-order valence-electron chi connectivity index (χ0n) is 19.7. The molecular weight excluding hydrogens is 507 g/mol. The number of aliphatic hydroxyl groups is 2. The summed E-state index contributed by atoms with van der Waals surface area (Å²) in [5.41, 5.74) is 4.77. The zero-order valence-corrected chi connectivity index (χ0v) is 21.4. The molecule has 198 valence electrons. The van der Waals surface area contributed by atoms with Crippen molar-refractivity contribution in [2.45, 2.75) is 49.1 Å². The molecule has 0 aliphatic carbocycles. The van der Waals surface area contributed by atoms with Crippen molar-refractivity contribution in [3.05, 3.63) is 22.7 Å². The Morgan fingerprint density at radius 1 is 1.26 bits per heavy atom. The Bertz CT molecular complexity index is 993. The summed E-state index contributed by atoms with van der Waals surface area (Å²) < 4.78 is 34.4. The van der Waals surface area contributed by atoms with Crippen LogP contribution in [0.3, 0.4) is 0 Å². The van der Waals surface area contributed by atoms with E-state index in [2.05, 4.69) is 14.8 Å². The fraction of sp³-hybridized carbons (Fsp3) is 0.684. The zero-order chi connectivity index (χ0) is 26.3. The van der Waals surface area contributed by atoms with Gasteiger partial charge in [0.2, 0.25) is 0 Å². The first-order valence-corrected chi connectivity index (χ1v) is 13.1. The maximum Gasteiger partial charge on any atom is 0.406 e. The van der Waals surface area contributed by atoms with E-state index in [1.54, 1.807) is 0 Å². The number of methoxy groups -OCH3 is 2. The third-order valence-electron chi connectivity index (χ3n) is 4.96. The highest BCUT2D eigenvalue weighted by molar-refractivity contribution is 8.00. The quantitative estimate of drug-likeness (QED) is 0.199. The summed E-state index contributed by atoms with van der Waals surface area (Å²) >= 11 is 0.979. The lowest BCUT2D eigenvalue weighted by atomic mass is 10.1. The number of carbonyl (C=O) groups is 2. The molecule has 1 aromatic heterocycles. The van der Waals surface area contributed by atoms with Gasteiger partial charge in [-0.2, -0.15) is 4.98 Å². The van der Waals surface area contributed by atoms with Gasteiger partial charge in [0.15, 0.2) is 6.61 Å². The second-order valence-corrected chi connectivity index (χ2v) is 11.2. The third kappa shape index (κ3) is 8.00. The minimum atomic E-state index is -4.33. The minimum Gasteiger partial charge on any atom is -0.468 e. The monoisotopic (exact) mass is 538 g/mol. The van der Waals surface area contributed by atoms with Crippen LogP contribution in [0.4, 0.5) is 5.82 Å². The number of aromatic nitrogens is 2. The van der Waals surface area contributed by atoms with Crippen molar-refractivity contribution in [3.8, 4) is 0 Å². The van der Waals surface area contributed by atoms with Crippen molar-refractivity contribution in [1.29, 1.82) is 0 Å². The molecule has 1 aliphatic heterocycles. The van der Waals surface area contributed by atoms with Gasteiger partial charge in [0.05, 0.1) is 32.2 Å². The van der Waals surface area contributed by atoms with Gasteiger partial charge in [-0.3, -0.25) is 18.4 Å². The first kappa shape index (κ1) is 29.2. The highest BCUT2D eigenvalue weighted by Crippen LogP contribution is 2.48. The van der Waals surface area contributed by atoms with Crippen molar-refractivity contribution in [1.82, 2.24) is 14.6 Å². The summed E-state index contributed by atoms with van der Waals surface area (Å²) in [6.45, 7) is 2.49. The molecule has 1 aromatic rings. The van der Waals surface area contributed by atoms with Crippen LogP contribution in [-0.4, -0.2) is 82.6 Å². The van der Waals surface area contributed by atoms with E-state index in [0.29, 0.717) is 0 Å². The van der Waals surface area contributed by atoms with Crippen LogP contribution in [0.25, 0.3) is 0 Å². The Kier molecular flexibility index (Phi) is 10.7. The first-order valence-electron chi connectivity index (χ1n) is 10.6. The maximum atomic E-state index is 13.4. The normalized spacial score (nSPS) is 24.7. The van der Waals surface area contributed by atoms with E-state index >= 15 is 0 Å². The number of rotatable bonds is 12. The fourth-order valence-electron chi connectivity index (χ4n) is 3.20. The lowest BCUT2D eigenvalue weighted by molar-refractivity contribution is -0.143. The molecule has 1 aliphatic rings. The average Bonchev–Trinajstić information content (AvgIpc) is 3.08. The highest BCUT2D eigenvalue weighted by Gasteiger charge is 2.45. The van der Waals surface area contributed by atoms with Crippen molar-refractivity contribution in [3.63, 3.8) is 0 Å². The molecule has 0 radical (unpaired) electrons. The van der Waals surface area contributed by atoms with Gasteiger partial charge in [-0.1, -0.05) is 13.8 Å². The van der Waals surface area contributed by atoms with Crippen LogP contribution < -0.4 is 16.5 Å². The molecule has 5 N–H and O–H groups in total. The lowest BCUT2D eigenvalue weighted by Crippen LogP contribution is -2.39. The third-order valence-corrected chi connectivity index (χ3v) is 8.09. The molecule has 14 nitrogen and oxygen atoms in total. The molecule has 1 unspecified atom stereocenters. The summed E-state index contributed by atoms with van der Waals surface area (Å²) in [6.07, 6.45) is -1.21. The lowest BCUT2D eigenvalue weighted by Gasteiger charge is -2.26. The molecule has 0 amide bonds. The number of carbonyl (C=O) groups excluding carboxylic acids is 2. The van der Waals surface area contributed by atoms with Crippen molar-refractivity contribution < 1.29 is 42.9 Å². The number of anilines is 1. The van der Waals surface area contributed by atoms with Gasteiger partial charge < -0.3 is 25.4 Å². The number of thioether (sulfide) groups is 1. The summed E-state index contributed by atoms with van der Waals surface area (Å²) in [4.78, 5) is 39.5. The molecule has 16 heteroatoms. The summed E-state index contributed by atoms with van der Waals surface area (Å²) in [5.74, 6) is -1.56. The number of nitrogens with one attached hydrogen (secondary N) is 1. The van der Waals surface area contributed by atoms with E-state index in [-0.39, 0.29) is 18.2 Å². The molecule has 0 aromatic carbocycles. The van der Waals surface area contributed by atoms with Crippen LogP contribution in [0.1, 0.15) is 25.6 Å². The number of ether oxygens (including phenoxy) is 2. The van der Waals surface area contributed by atoms with Gasteiger partial charge in [0.1, 0.15) is 23.3 Å². The van der Waals surface area contributed by atoms with Crippen molar-refractivity contribution >= 4 is 37.3 Å². The summed E-state index contributed by atoms with van der Waals surface area (Å²) in [6, 6.07) is 0.285. The number of esters is 2. The molecule has 0 spiro atoms. The van der Waals surface area contributed by atoms with E-state index in [1.165, 1.54) is 19.4 Å². The smallest absolute Gasteiger partial charge is 0.406 e. The van der Waals surface area contributed by atoms with Gasteiger partial charge in [0.25, 0.3) is 0 Å². The summed E-state index contributed by atoms with van der Waals surface area (Å²) in [5, 5.41) is 21.7. The van der Waals surface area contributed by atoms with Crippen LogP contribution in [-0.2, 0) is 32.7 Å². The fourth-order valence-corrected chi connectivity index (χ4v) is 6.19. The molecule has 0 saturated carbocycles. The topological polar surface area (TPSA) is 202 Å². The van der Waals surface area contributed by atoms with Gasteiger partial charge in [-0.15, -0.1) is 11.8 Å².